The zero-order valence-electron chi connectivity index (χ0n) is 12.6. The molecule has 0 saturated carbocycles. The smallest absolute Gasteiger partial charge is 0.303 e. The summed E-state index contributed by atoms with van der Waals surface area (Å²) in [6.45, 7) is 6.08. The average molecular weight is 279 g/mol. The Kier molecular flexibility index (Phi) is 7.09. The van der Waals surface area contributed by atoms with Crippen LogP contribution >= 0.6 is 0 Å². The number of hydrogen-bond acceptors (Lipinski definition) is 3. The summed E-state index contributed by atoms with van der Waals surface area (Å²) in [5.41, 5.74) is 1.27. The van der Waals surface area contributed by atoms with E-state index in [1.54, 1.807) is 7.11 Å². The van der Waals surface area contributed by atoms with Gasteiger partial charge < -0.3 is 14.7 Å². The molecule has 0 fully saturated rings. The van der Waals surface area contributed by atoms with Gasteiger partial charge in [-0.3, -0.25) is 4.79 Å². The Morgan fingerprint density at radius 3 is 2.40 bits per heavy atom. The highest BCUT2D eigenvalue weighted by molar-refractivity contribution is 5.66. The van der Waals surface area contributed by atoms with Gasteiger partial charge in [0.25, 0.3) is 0 Å². The van der Waals surface area contributed by atoms with Gasteiger partial charge in [0, 0.05) is 19.0 Å². The van der Waals surface area contributed by atoms with Crippen molar-refractivity contribution in [1.82, 2.24) is 4.90 Å². The van der Waals surface area contributed by atoms with E-state index in [4.69, 9.17) is 9.84 Å². The van der Waals surface area contributed by atoms with Crippen molar-refractivity contribution >= 4 is 5.97 Å². The Labute approximate surface area is 121 Å². The highest BCUT2D eigenvalue weighted by atomic mass is 16.5. The van der Waals surface area contributed by atoms with Gasteiger partial charge in [-0.05, 0) is 50.9 Å². The minimum absolute atomic E-state index is 0.242. The first-order chi connectivity index (χ1) is 9.52. The summed E-state index contributed by atoms with van der Waals surface area (Å²) < 4.78 is 5.14. The lowest BCUT2D eigenvalue weighted by Crippen LogP contribution is -2.34. The van der Waals surface area contributed by atoms with Crippen molar-refractivity contribution in [3.05, 3.63) is 29.8 Å². The van der Waals surface area contributed by atoms with E-state index in [1.807, 2.05) is 12.1 Å². The molecule has 0 unspecified atom stereocenters. The molecule has 0 amide bonds. The zero-order chi connectivity index (χ0) is 15.0. The van der Waals surface area contributed by atoms with E-state index >= 15 is 0 Å². The summed E-state index contributed by atoms with van der Waals surface area (Å²) in [6, 6.07) is 8.53. The van der Waals surface area contributed by atoms with Gasteiger partial charge in [0.15, 0.2) is 0 Å². The molecular formula is C16H25NO3. The van der Waals surface area contributed by atoms with Gasteiger partial charge in [0.05, 0.1) is 7.11 Å². The van der Waals surface area contributed by atoms with Crippen LogP contribution in [0.5, 0.6) is 5.75 Å². The van der Waals surface area contributed by atoms with Crippen molar-refractivity contribution < 1.29 is 14.6 Å². The lowest BCUT2D eigenvalue weighted by atomic mass is 10.1. The molecule has 4 heteroatoms. The third-order valence-corrected chi connectivity index (χ3v) is 3.41. The Hall–Kier alpha value is -1.55. The van der Waals surface area contributed by atoms with Crippen molar-refractivity contribution in [2.75, 3.05) is 20.2 Å². The van der Waals surface area contributed by atoms with Gasteiger partial charge >= 0.3 is 5.97 Å². The number of aliphatic carboxylic acids is 1. The van der Waals surface area contributed by atoms with Gasteiger partial charge in [-0.25, -0.2) is 0 Å². The first kappa shape index (κ1) is 16.5. The lowest BCUT2D eigenvalue weighted by molar-refractivity contribution is -0.137. The van der Waals surface area contributed by atoms with Crippen LogP contribution in [0.4, 0.5) is 0 Å². The Morgan fingerprint density at radius 2 is 1.90 bits per heavy atom. The Morgan fingerprint density at radius 1 is 1.25 bits per heavy atom. The molecule has 112 valence electrons. The second kappa shape index (κ2) is 8.59. The van der Waals surface area contributed by atoms with E-state index in [9.17, 15) is 4.79 Å². The van der Waals surface area contributed by atoms with E-state index < -0.39 is 5.97 Å². The number of benzene rings is 1. The summed E-state index contributed by atoms with van der Waals surface area (Å²) in [4.78, 5) is 12.9. The summed E-state index contributed by atoms with van der Waals surface area (Å²) in [5, 5.41) is 8.69. The van der Waals surface area contributed by atoms with Crippen LogP contribution in [-0.4, -0.2) is 42.2 Å². The first-order valence-electron chi connectivity index (χ1n) is 7.11. The van der Waals surface area contributed by atoms with E-state index in [2.05, 4.69) is 30.9 Å². The molecule has 0 aliphatic heterocycles. The molecule has 0 radical (unpaired) electrons. The van der Waals surface area contributed by atoms with Crippen LogP contribution in [0.2, 0.25) is 0 Å². The van der Waals surface area contributed by atoms with Crippen molar-refractivity contribution in [1.29, 1.82) is 0 Å². The minimum atomic E-state index is -0.719. The van der Waals surface area contributed by atoms with Crippen LogP contribution < -0.4 is 4.74 Å². The molecule has 1 aromatic rings. The molecule has 0 heterocycles. The number of rotatable bonds is 9. The summed E-state index contributed by atoms with van der Waals surface area (Å²) in [6.07, 6.45) is 1.91. The molecule has 0 saturated heterocycles. The van der Waals surface area contributed by atoms with Crippen molar-refractivity contribution in [3.8, 4) is 5.75 Å². The fourth-order valence-corrected chi connectivity index (χ4v) is 2.13. The van der Waals surface area contributed by atoms with Crippen LogP contribution in [-0.2, 0) is 11.2 Å². The van der Waals surface area contributed by atoms with Gasteiger partial charge in [-0.15, -0.1) is 0 Å². The van der Waals surface area contributed by atoms with Crippen molar-refractivity contribution in [2.45, 2.75) is 39.2 Å². The first-order valence-corrected chi connectivity index (χ1v) is 7.11. The molecule has 0 atom stereocenters. The normalized spacial score (nSPS) is 11.1. The maximum absolute atomic E-state index is 10.6. The van der Waals surface area contributed by atoms with Gasteiger partial charge in [-0.2, -0.15) is 0 Å². The van der Waals surface area contributed by atoms with E-state index in [0.29, 0.717) is 12.5 Å². The standard InChI is InChI=1S/C16H25NO3/c1-13(2)17(11-4-5-16(18)19)12-10-14-6-8-15(20-3)9-7-14/h6-9,13H,4-5,10-12H2,1-3H3,(H,18,19). The van der Waals surface area contributed by atoms with Crippen LogP contribution in [0.3, 0.4) is 0 Å². The molecule has 0 bridgehead atoms. The van der Waals surface area contributed by atoms with Crippen molar-refractivity contribution in [2.24, 2.45) is 0 Å². The predicted octanol–water partition coefficient (Wildman–Crippen LogP) is 2.81. The molecule has 0 aliphatic carbocycles. The lowest BCUT2D eigenvalue weighted by Gasteiger charge is -2.26. The second-order valence-electron chi connectivity index (χ2n) is 5.23. The van der Waals surface area contributed by atoms with E-state index in [1.165, 1.54) is 5.56 Å². The number of carboxylic acids is 1. The van der Waals surface area contributed by atoms with Crippen LogP contribution in [0.1, 0.15) is 32.3 Å². The van der Waals surface area contributed by atoms with Crippen LogP contribution in [0.15, 0.2) is 24.3 Å². The van der Waals surface area contributed by atoms with Crippen LogP contribution in [0, 0.1) is 0 Å². The molecule has 1 aromatic carbocycles. The van der Waals surface area contributed by atoms with Crippen molar-refractivity contribution in [3.63, 3.8) is 0 Å². The highest BCUT2D eigenvalue weighted by Crippen LogP contribution is 2.12. The monoisotopic (exact) mass is 279 g/mol. The maximum atomic E-state index is 10.6. The quantitative estimate of drug-likeness (QED) is 0.755. The SMILES string of the molecule is COc1ccc(CCN(CCCC(=O)O)C(C)C)cc1. The number of ether oxygens (including phenoxy) is 1. The molecule has 0 aromatic heterocycles. The number of nitrogens with zero attached hydrogens (tertiary/aromatic N) is 1. The number of carboxylic acid groups (broad SMARTS) is 1. The van der Waals surface area contributed by atoms with E-state index in [-0.39, 0.29) is 6.42 Å². The molecule has 0 spiro atoms. The third kappa shape index (κ3) is 6.06. The molecular weight excluding hydrogens is 254 g/mol. The van der Waals surface area contributed by atoms with Gasteiger partial charge in [-0.1, -0.05) is 12.1 Å². The molecule has 1 rings (SSSR count). The number of carbonyl (C=O) groups is 1. The molecule has 4 nitrogen and oxygen atoms in total. The average Bonchev–Trinajstić information content (AvgIpc) is 2.42. The van der Waals surface area contributed by atoms with Gasteiger partial charge in [0.2, 0.25) is 0 Å². The topological polar surface area (TPSA) is 49.8 Å². The number of hydrogen-bond donors (Lipinski definition) is 1. The summed E-state index contributed by atoms with van der Waals surface area (Å²) in [7, 11) is 1.66. The molecule has 0 aliphatic rings. The largest absolute Gasteiger partial charge is 0.497 e. The second-order valence-corrected chi connectivity index (χ2v) is 5.23. The molecule has 20 heavy (non-hydrogen) atoms. The molecule has 1 N–H and O–H groups in total. The van der Waals surface area contributed by atoms with Gasteiger partial charge in [0.1, 0.15) is 5.75 Å². The minimum Gasteiger partial charge on any atom is -0.497 e. The zero-order valence-corrected chi connectivity index (χ0v) is 12.6. The summed E-state index contributed by atoms with van der Waals surface area (Å²) in [5.74, 6) is 0.153. The number of methoxy groups -OCH3 is 1. The Bertz CT molecular complexity index is 401. The maximum Gasteiger partial charge on any atom is 0.303 e. The Balaban J connectivity index is 2.42. The van der Waals surface area contributed by atoms with Crippen LogP contribution in [0.25, 0.3) is 0 Å². The van der Waals surface area contributed by atoms with E-state index in [0.717, 1.165) is 25.3 Å². The third-order valence-electron chi connectivity index (χ3n) is 3.41. The highest BCUT2D eigenvalue weighted by Gasteiger charge is 2.10. The fraction of sp³-hybridized carbons (Fsp3) is 0.562. The fourth-order valence-electron chi connectivity index (χ4n) is 2.13. The predicted molar refractivity (Wildman–Crippen MR) is 80.3 cm³/mol. The summed E-state index contributed by atoms with van der Waals surface area (Å²) >= 11 is 0.